The van der Waals surface area contributed by atoms with Crippen molar-refractivity contribution in [3.8, 4) is 16.5 Å². The van der Waals surface area contributed by atoms with Gasteiger partial charge in [0.2, 0.25) is 11.8 Å². The number of rotatable bonds is 7. The molecule has 0 bridgehead atoms. The number of para-hydroxylation sites is 1. The summed E-state index contributed by atoms with van der Waals surface area (Å²) >= 11 is 1.52. The standard InChI is InChI=1S/C25H28N6O4S/c1-25(2,34)15-11-17(21(33)20(15)32)29-22-14(23-30-16-6-4-5-7-18(16)36-23)12-27-24(31-22)28-13-8-9-26-19(10-13)35-3/h4-10,12,15,17,20-21,32-34H,11H2,1-3H3,(H2,26,27,28,29,31)/t15-,17-,20-,21+/m1/s1. The maximum Gasteiger partial charge on any atom is 0.229 e. The van der Waals surface area contributed by atoms with Crippen molar-refractivity contribution in [1.29, 1.82) is 0 Å². The number of aromatic nitrogens is 4. The van der Waals surface area contributed by atoms with E-state index in [9.17, 15) is 15.3 Å². The van der Waals surface area contributed by atoms with Crippen LogP contribution < -0.4 is 15.4 Å². The third kappa shape index (κ3) is 4.82. The van der Waals surface area contributed by atoms with Gasteiger partial charge >= 0.3 is 0 Å². The molecular formula is C25H28N6O4S. The number of anilines is 3. The first-order chi connectivity index (χ1) is 17.2. The van der Waals surface area contributed by atoms with Gasteiger partial charge in [0, 0.05) is 30.1 Å². The van der Waals surface area contributed by atoms with E-state index in [1.807, 2.05) is 24.3 Å². The number of hydrogen-bond donors (Lipinski definition) is 5. The fourth-order valence-corrected chi connectivity index (χ4v) is 5.46. The minimum Gasteiger partial charge on any atom is -0.481 e. The van der Waals surface area contributed by atoms with Crippen LogP contribution in [0.15, 0.2) is 48.8 Å². The molecule has 0 amide bonds. The van der Waals surface area contributed by atoms with Crippen LogP contribution in [-0.2, 0) is 0 Å². The van der Waals surface area contributed by atoms with Gasteiger partial charge in [0.1, 0.15) is 16.9 Å². The van der Waals surface area contributed by atoms with Crippen LogP contribution in [0.3, 0.4) is 0 Å². The normalized spacial score (nSPS) is 22.1. The van der Waals surface area contributed by atoms with E-state index < -0.39 is 29.8 Å². The number of ether oxygens (including phenoxy) is 1. The third-order valence-electron chi connectivity index (χ3n) is 6.42. The number of nitrogens with one attached hydrogen (secondary N) is 2. The summed E-state index contributed by atoms with van der Waals surface area (Å²) < 4.78 is 6.22. The summed E-state index contributed by atoms with van der Waals surface area (Å²) in [5.41, 5.74) is 1.08. The third-order valence-corrected chi connectivity index (χ3v) is 7.49. The predicted molar refractivity (Wildman–Crippen MR) is 139 cm³/mol. The number of thiazole rings is 1. The second kappa shape index (κ2) is 9.58. The quantitative estimate of drug-likeness (QED) is 0.252. The highest BCUT2D eigenvalue weighted by atomic mass is 32.1. The van der Waals surface area contributed by atoms with Crippen LogP contribution in [0.5, 0.6) is 5.88 Å². The maximum atomic E-state index is 10.8. The highest BCUT2D eigenvalue weighted by Crippen LogP contribution is 2.39. The maximum absolute atomic E-state index is 10.8. The molecule has 10 nitrogen and oxygen atoms in total. The zero-order valence-electron chi connectivity index (χ0n) is 20.1. The summed E-state index contributed by atoms with van der Waals surface area (Å²) in [5.74, 6) is 0.729. The Morgan fingerprint density at radius 2 is 1.89 bits per heavy atom. The molecule has 1 fully saturated rings. The minimum absolute atomic E-state index is 0.322. The molecule has 3 aromatic heterocycles. The molecule has 5 rings (SSSR count). The molecule has 5 N–H and O–H groups in total. The molecule has 188 valence electrons. The predicted octanol–water partition coefficient (Wildman–Crippen LogP) is 3.19. The van der Waals surface area contributed by atoms with E-state index in [0.29, 0.717) is 35.3 Å². The van der Waals surface area contributed by atoms with Crippen LogP contribution in [0.2, 0.25) is 0 Å². The number of nitrogens with zero attached hydrogens (tertiary/aromatic N) is 4. The van der Waals surface area contributed by atoms with E-state index in [-0.39, 0.29) is 0 Å². The van der Waals surface area contributed by atoms with Crippen LogP contribution in [0.1, 0.15) is 20.3 Å². The topological polar surface area (TPSA) is 146 Å². The Balaban J connectivity index is 1.51. The molecule has 4 aromatic rings. The van der Waals surface area contributed by atoms with Gasteiger partial charge in [0.25, 0.3) is 0 Å². The van der Waals surface area contributed by atoms with Crippen molar-refractivity contribution >= 4 is 39.0 Å². The first-order valence-electron chi connectivity index (χ1n) is 11.6. The van der Waals surface area contributed by atoms with Crippen LogP contribution >= 0.6 is 11.3 Å². The molecule has 0 spiro atoms. The molecule has 1 aliphatic rings. The van der Waals surface area contributed by atoms with Crippen molar-refractivity contribution in [2.24, 2.45) is 5.92 Å². The zero-order valence-corrected chi connectivity index (χ0v) is 20.9. The van der Waals surface area contributed by atoms with E-state index in [0.717, 1.165) is 15.2 Å². The van der Waals surface area contributed by atoms with Crippen molar-refractivity contribution in [3.63, 3.8) is 0 Å². The van der Waals surface area contributed by atoms with E-state index >= 15 is 0 Å². The fourth-order valence-electron chi connectivity index (χ4n) is 4.48. The molecule has 4 atom stereocenters. The molecule has 3 heterocycles. The Morgan fingerprint density at radius 1 is 1.08 bits per heavy atom. The molecule has 0 saturated heterocycles. The largest absolute Gasteiger partial charge is 0.481 e. The van der Waals surface area contributed by atoms with Gasteiger partial charge < -0.3 is 30.7 Å². The molecule has 0 radical (unpaired) electrons. The monoisotopic (exact) mass is 508 g/mol. The lowest BCUT2D eigenvalue weighted by Crippen LogP contribution is -2.40. The summed E-state index contributed by atoms with van der Waals surface area (Å²) in [7, 11) is 1.54. The molecule has 1 aromatic carbocycles. The summed E-state index contributed by atoms with van der Waals surface area (Å²) in [5, 5.41) is 39.0. The second-order valence-electron chi connectivity index (χ2n) is 9.38. The van der Waals surface area contributed by atoms with Gasteiger partial charge in [-0.15, -0.1) is 11.3 Å². The van der Waals surface area contributed by atoms with Crippen LogP contribution in [0, 0.1) is 5.92 Å². The lowest BCUT2D eigenvalue weighted by molar-refractivity contribution is -0.0601. The van der Waals surface area contributed by atoms with E-state index in [1.54, 1.807) is 45.5 Å². The highest BCUT2D eigenvalue weighted by molar-refractivity contribution is 7.21. The number of fused-ring (bicyclic) bond motifs is 1. The van der Waals surface area contributed by atoms with E-state index in [1.165, 1.54) is 11.3 Å². The fraction of sp³-hybridized carbons (Fsp3) is 0.360. The summed E-state index contributed by atoms with van der Waals surface area (Å²) in [6, 6.07) is 10.8. The summed E-state index contributed by atoms with van der Waals surface area (Å²) in [6.07, 6.45) is 1.50. The Bertz CT molecular complexity index is 1340. The van der Waals surface area contributed by atoms with Crippen molar-refractivity contribution in [1.82, 2.24) is 19.9 Å². The van der Waals surface area contributed by atoms with Gasteiger partial charge in [0.15, 0.2) is 0 Å². The van der Waals surface area contributed by atoms with Gasteiger partial charge in [-0.25, -0.2) is 15.0 Å². The molecular weight excluding hydrogens is 480 g/mol. The minimum atomic E-state index is -1.15. The number of hydrogen-bond acceptors (Lipinski definition) is 11. The number of aliphatic hydroxyl groups is 3. The average molecular weight is 509 g/mol. The molecule has 1 aliphatic carbocycles. The van der Waals surface area contributed by atoms with Crippen molar-refractivity contribution in [2.45, 2.75) is 44.1 Å². The van der Waals surface area contributed by atoms with Gasteiger partial charge in [-0.2, -0.15) is 4.98 Å². The van der Waals surface area contributed by atoms with E-state index in [2.05, 4.69) is 20.6 Å². The summed E-state index contributed by atoms with van der Waals surface area (Å²) in [4.78, 5) is 18.0. The Labute approximate surface area is 212 Å². The van der Waals surface area contributed by atoms with Gasteiger partial charge in [-0.1, -0.05) is 12.1 Å². The van der Waals surface area contributed by atoms with Gasteiger partial charge in [0.05, 0.1) is 40.6 Å². The summed E-state index contributed by atoms with van der Waals surface area (Å²) in [6.45, 7) is 3.27. The molecule has 0 aliphatic heterocycles. The molecule has 0 unspecified atom stereocenters. The molecule has 36 heavy (non-hydrogen) atoms. The lowest BCUT2D eigenvalue weighted by atomic mass is 9.88. The van der Waals surface area contributed by atoms with Gasteiger partial charge in [-0.3, -0.25) is 0 Å². The molecule has 11 heteroatoms. The zero-order chi connectivity index (χ0) is 25.4. The number of methoxy groups -OCH3 is 1. The SMILES string of the molecule is COc1cc(Nc2ncc(-c3nc4ccccc4s3)c(N[C@@H]3C[C@@H](C(C)(C)O)[C@@H](O)[C@H]3O)n2)ccn1. The highest BCUT2D eigenvalue weighted by Gasteiger charge is 2.47. The number of benzene rings is 1. The van der Waals surface area contributed by atoms with Crippen LogP contribution in [0.25, 0.3) is 20.8 Å². The Kier molecular flexibility index (Phi) is 6.47. The van der Waals surface area contributed by atoms with Crippen molar-refractivity contribution in [3.05, 3.63) is 48.8 Å². The number of aliphatic hydroxyl groups excluding tert-OH is 2. The van der Waals surface area contributed by atoms with Gasteiger partial charge in [-0.05, 0) is 38.5 Å². The van der Waals surface area contributed by atoms with Crippen LogP contribution in [0.4, 0.5) is 17.5 Å². The lowest BCUT2D eigenvalue weighted by Gasteiger charge is -2.28. The second-order valence-corrected chi connectivity index (χ2v) is 10.4. The Morgan fingerprint density at radius 3 is 2.61 bits per heavy atom. The van der Waals surface area contributed by atoms with Crippen LogP contribution in [-0.4, -0.2) is 66.2 Å². The number of pyridine rings is 1. The Hall–Kier alpha value is -3.38. The first-order valence-corrected chi connectivity index (χ1v) is 12.4. The first kappa shape index (κ1) is 24.3. The van der Waals surface area contributed by atoms with Crippen molar-refractivity contribution in [2.75, 3.05) is 17.7 Å². The van der Waals surface area contributed by atoms with E-state index in [4.69, 9.17) is 14.7 Å². The smallest absolute Gasteiger partial charge is 0.229 e. The van der Waals surface area contributed by atoms with Crippen molar-refractivity contribution < 1.29 is 20.1 Å². The average Bonchev–Trinajstić information content (AvgIpc) is 3.41. The molecule has 1 saturated carbocycles.